The maximum atomic E-state index is 13.1. The molecule has 0 atom stereocenters. The highest BCUT2D eigenvalue weighted by atomic mass is 35.5. The van der Waals surface area contributed by atoms with Crippen LogP contribution in [-0.4, -0.2) is 16.8 Å². The minimum absolute atomic E-state index is 0.0746. The Morgan fingerprint density at radius 2 is 1.57 bits per heavy atom. The molecule has 2 aromatic carbocycles. The first-order valence-electron chi connectivity index (χ1n) is 6.16. The van der Waals surface area contributed by atoms with Gasteiger partial charge in [-0.15, -0.1) is 0 Å². The molecular weight excluding hydrogens is 367 g/mol. The van der Waals surface area contributed by atoms with E-state index in [1.165, 1.54) is 24.3 Å². The van der Waals surface area contributed by atoms with Gasteiger partial charge in [0, 0.05) is 6.54 Å². The second-order valence-electron chi connectivity index (χ2n) is 4.59. The molecule has 6 nitrogen and oxygen atoms in total. The molecule has 0 aromatic heterocycles. The molecule has 124 valence electrons. The highest BCUT2D eigenvalue weighted by Crippen LogP contribution is 2.19. The summed E-state index contributed by atoms with van der Waals surface area (Å²) in [5.41, 5.74) is 0.522. The summed E-state index contributed by atoms with van der Waals surface area (Å²) in [6.07, 6.45) is 0. The SMILES string of the molecule is NS(=O)(=O)c1ccc(CNS(=O)(=O)c2ccc(F)c(Cl)c2)cc1. The molecule has 23 heavy (non-hydrogen) atoms. The third-order valence-electron chi connectivity index (χ3n) is 2.92. The van der Waals surface area contributed by atoms with Crippen LogP contribution in [0.15, 0.2) is 52.3 Å². The van der Waals surface area contributed by atoms with Gasteiger partial charge in [-0.25, -0.2) is 31.1 Å². The molecule has 0 bridgehead atoms. The van der Waals surface area contributed by atoms with Crippen molar-refractivity contribution in [1.82, 2.24) is 4.72 Å². The molecule has 0 fully saturated rings. The van der Waals surface area contributed by atoms with Crippen molar-refractivity contribution >= 4 is 31.6 Å². The van der Waals surface area contributed by atoms with Gasteiger partial charge in [0.25, 0.3) is 0 Å². The van der Waals surface area contributed by atoms with E-state index >= 15 is 0 Å². The van der Waals surface area contributed by atoms with Crippen LogP contribution in [0.4, 0.5) is 4.39 Å². The van der Waals surface area contributed by atoms with Gasteiger partial charge < -0.3 is 0 Å². The van der Waals surface area contributed by atoms with Crippen LogP contribution in [0.5, 0.6) is 0 Å². The fraction of sp³-hybridized carbons (Fsp3) is 0.0769. The van der Waals surface area contributed by atoms with E-state index in [1.807, 2.05) is 0 Å². The van der Waals surface area contributed by atoms with Crippen molar-refractivity contribution < 1.29 is 21.2 Å². The molecule has 0 aliphatic heterocycles. The predicted octanol–water partition coefficient (Wildman–Crippen LogP) is 1.61. The number of hydrogen-bond acceptors (Lipinski definition) is 4. The molecule has 2 rings (SSSR count). The van der Waals surface area contributed by atoms with Crippen molar-refractivity contribution in [2.24, 2.45) is 5.14 Å². The lowest BCUT2D eigenvalue weighted by Gasteiger charge is -2.08. The summed E-state index contributed by atoms with van der Waals surface area (Å²) in [6, 6.07) is 8.45. The highest BCUT2D eigenvalue weighted by molar-refractivity contribution is 7.89. The third-order valence-corrected chi connectivity index (χ3v) is 5.54. The zero-order chi connectivity index (χ0) is 17.3. The van der Waals surface area contributed by atoms with Crippen LogP contribution in [-0.2, 0) is 26.6 Å². The Morgan fingerprint density at radius 1 is 1.00 bits per heavy atom. The number of halogens is 2. The van der Waals surface area contributed by atoms with Crippen LogP contribution < -0.4 is 9.86 Å². The van der Waals surface area contributed by atoms with Gasteiger partial charge in [-0.3, -0.25) is 0 Å². The normalized spacial score (nSPS) is 12.3. The molecule has 2 aromatic rings. The summed E-state index contributed by atoms with van der Waals surface area (Å²) in [5.74, 6) is -0.718. The van der Waals surface area contributed by atoms with Crippen LogP contribution in [0.2, 0.25) is 5.02 Å². The predicted molar refractivity (Wildman–Crippen MR) is 83.3 cm³/mol. The van der Waals surface area contributed by atoms with Crippen LogP contribution in [0.25, 0.3) is 0 Å². The Kier molecular flexibility index (Phi) is 5.07. The van der Waals surface area contributed by atoms with Gasteiger partial charge in [0.15, 0.2) is 0 Å². The van der Waals surface area contributed by atoms with E-state index < -0.39 is 25.9 Å². The molecule has 0 aliphatic carbocycles. The molecule has 0 saturated heterocycles. The molecule has 10 heteroatoms. The molecule has 3 N–H and O–H groups in total. The number of nitrogens with two attached hydrogens (primary N) is 1. The number of rotatable bonds is 5. The molecule has 0 heterocycles. The lowest BCUT2D eigenvalue weighted by molar-refractivity contribution is 0.580. The summed E-state index contributed by atoms with van der Waals surface area (Å²) in [6.45, 7) is -0.0811. The van der Waals surface area contributed by atoms with Gasteiger partial charge in [-0.1, -0.05) is 23.7 Å². The first-order chi connectivity index (χ1) is 10.6. The van der Waals surface area contributed by atoms with Gasteiger partial charge >= 0.3 is 0 Å². The quantitative estimate of drug-likeness (QED) is 0.824. The lowest BCUT2D eigenvalue weighted by Crippen LogP contribution is -2.23. The second-order valence-corrected chi connectivity index (χ2v) is 8.33. The standard InChI is InChI=1S/C13H12ClFN2O4S2/c14-12-7-11(5-6-13(12)15)23(20,21)17-8-9-1-3-10(4-2-9)22(16,18)19/h1-7,17H,8H2,(H2,16,18,19). The summed E-state index contributed by atoms with van der Waals surface area (Å²) in [7, 11) is -7.68. The smallest absolute Gasteiger partial charge is 0.225 e. The topological polar surface area (TPSA) is 106 Å². The zero-order valence-electron chi connectivity index (χ0n) is 11.5. The molecule has 0 saturated carbocycles. The first-order valence-corrected chi connectivity index (χ1v) is 9.57. The van der Waals surface area contributed by atoms with Crippen molar-refractivity contribution in [2.75, 3.05) is 0 Å². The van der Waals surface area contributed by atoms with E-state index in [1.54, 1.807) is 0 Å². The van der Waals surface area contributed by atoms with E-state index in [0.717, 1.165) is 18.2 Å². The average Bonchev–Trinajstić information content (AvgIpc) is 2.47. The van der Waals surface area contributed by atoms with Crippen LogP contribution >= 0.6 is 11.6 Å². The maximum absolute atomic E-state index is 13.1. The maximum Gasteiger partial charge on any atom is 0.240 e. The van der Waals surface area contributed by atoms with Crippen molar-refractivity contribution in [2.45, 2.75) is 16.3 Å². The van der Waals surface area contributed by atoms with Gasteiger partial charge in [0.1, 0.15) is 5.82 Å². The Balaban J connectivity index is 2.14. The Hall–Kier alpha value is -1.52. The van der Waals surface area contributed by atoms with E-state index in [0.29, 0.717) is 5.56 Å². The van der Waals surface area contributed by atoms with E-state index in [9.17, 15) is 21.2 Å². The monoisotopic (exact) mass is 378 g/mol. The van der Waals surface area contributed by atoms with E-state index in [4.69, 9.17) is 16.7 Å². The fourth-order valence-electron chi connectivity index (χ4n) is 1.70. The average molecular weight is 379 g/mol. The summed E-state index contributed by atoms with van der Waals surface area (Å²) >= 11 is 5.56. The molecule has 0 spiro atoms. The Bertz CT molecular complexity index is 929. The minimum atomic E-state index is -3.88. The van der Waals surface area contributed by atoms with Gasteiger partial charge in [-0.05, 0) is 35.9 Å². The zero-order valence-corrected chi connectivity index (χ0v) is 13.9. The summed E-state index contributed by atoms with van der Waals surface area (Å²) in [5, 5.41) is 4.67. The van der Waals surface area contributed by atoms with Crippen molar-refractivity contribution in [3.05, 3.63) is 58.9 Å². The highest BCUT2D eigenvalue weighted by Gasteiger charge is 2.16. The van der Waals surface area contributed by atoms with Gasteiger partial charge in [0.05, 0.1) is 14.8 Å². The van der Waals surface area contributed by atoms with Gasteiger partial charge in [-0.2, -0.15) is 0 Å². The number of hydrogen-bond donors (Lipinski definition) is 2. The first kappa shape index (κ1) is 17.8. The molecule has 0 radical (unpaired) electrons. The molecule has 0 aliphatic rings. The Labute approximate surface area is 138 Å². The second kappa shape index (κ2) is 6.54. The van der Waals surface area contributed by atoms with Crippen molar-refractivity contribution in [1.29, 1.82) is 0 Å². The lowest BCUT2D eigenvalue weighted by atomic mass is 10.2. The van der Waals surface area contributed by atoms with Crippen LogP contribution in [0.1, 0.15) is 5.56 Å². The van der Waals surface area contributed by atoms with Crippen LogP contribution in [0.3, 0.4) is 0 Å². The molecule has 0 amide bonds. The largest absolute Gasteiger partial charge is 0.240 e. The number of sulfonamides is 2. The van der Waals surface area contributed by atoms with E-state index in [2.05, 4.69) is 4.72 Å². The summed E-state index contributed by atoms with van der Waals surface area (Å²) in [4.78, 5) is -0.250. The van der Waals surface area contributed by atoms with E-state index in [-0.39, 0.29) is 21.4 Å². The molecular formula is C13H12ClFN2O4S2. The minimum Gasteiger partial charge on any atom is -0.225 e. The van der Waals surface area contributed by atoms with Crippen molar-refractivity contribution in [3.8, 4) is 0 Å². The fourth-order valence-corrected chi connectivity index (χ4v) is 3.51. The third kappa shape index (κ3) is 4.49. The van der Waals surface area contributed by atoms with Gasteiger partial charge in [0.2, 0.25) is 20.0 Å². The summed E-state index contributed by atoms with van der Waals surface area (Å²) < 4.78 is 61.8. The molecule has 0 unspecified atom stereocenters. The number of primary sulfonamides is 1. The van der Waals surface area contributed by atoms with Crippen LogP contribution in [0, 0.1) is 5.82 Å². The van der Waals surface area contributed by atoms with Crippen molar-refractivity contribution in [3.63, 3.8) is 0 Å². The number of benzene rings is 2. The Morgan fingerprint density at radius 3 is 2.09 bits per heavy atom. The number of nitrogens with one attached hydrogen (secondary N) is 1.